The average Bonchev–Trinajstić information content (AvgIpc) is 2.59. The fraction of sp³-hybridized carbons (Fsp3) is 0.250. The minimum absolute atomic E-state index is 0.131. The van der Waals surface area contributed by atoms with Gasteiger partial charge < -0.3 is 4.98 Å². The van der Waals surface area contributed by atoms with E-state index in [1.54, 1.807) is 0 Å². The van der Waals surface area contributed by atoms with Gasteiger partial charge in [-0.05, 0) is 30.9 Å². The summed E-state index contributed by atoms with van der Waals surface area (Å²) in [6, 6.07) is 8.40. The third-order valence-corrected chi connectivity index (χ3v) is 3.28. The number of nitrogens with one attached hydrogen (secondary N) is 1. The van der Waals surface area contributed by atoms with Crippen molar-refractivity contribution in [1.29, 1.82) is 0 Å². The van der Waals surface area contributed by atoms with Crippen molar-refractivity contribution >= 4 is 22.5 Å². The van der Waals surface area contributed by atoms with Gasteiger partial charge in [0.2, 0.25) is 0 Å². The van der Waals surface area contributed by atoms with Crippen molar-refractivity contribution in [3.05, 3.63) is 41.9 Å². The molecule has 3 rings (SSSR count). The van der Waals surface area contributed by atoms with Crippen LogP contribution in [0.3, 0.4) is 0 Å². The van der Waals surface area contributed by atoms with Gasteiger partial charge in [-0.2, -0.15) is 0 Å². The Hall–Kier alpha value is -0.950. The van der Waals surface area contributed by atoms with Crippen molar-refractivity contribution in [3.8, 4) is 0 Å². The first-order valence-corrected chi connectivity index (χ1v) is 5.35. The van der Waals surface area contributed by atoms with Crippen molar-refractivity contribution in [2.45, 2.75) is 18.2 Å². The molecule has 1 nitrogen and oxygen atoms in total. The second-order valence-corrected chi connectivity index (χ2v) is 4.29. The van der Waals surface area contributed by atoms with E-state index in [1.807, 2.05) is 0 Å². The molecule has 1 atom stereocenters. The van der Waals surface area contributed by atoms with Crippen LogP contribution < -0.4 is 0 Å². The molecule has 0 saturated heterocycles. The Morgan fingerprint density at radius 1 is 1.29 bits per heavy atom. The predicted octanol–water partition coefficient (Wildman–Crippen LogP) is 3.60. The van der Waals surface area contributed by atoms with Crippen molar-refractivity contribution < 1.29 is 0 Å². The van der Waals surface area contributed by atoms with E-state index in [2.05, 4.69) is 35.7 Å². The number of alkyl halides is 1. The summed E-state index contributed by atoms with van der Waals surface area (Å²) in [5, 5.41) is 1.45. The van der Waals surface area contributed by atoms with E-state index in [-0.39, 0.29) is 5.38 Å². The molecule has 2 heteroatoms. The van der Waals surface area contributed by atoms with Gasteiger partial charge in [0, 0.05) is 16.6 Å². The van der Waals surface area contributed by atoms with Crippen LogP contribution in [0.5, 0.6) is 0 Å². The van der Waals surface area contributed by atoms with E-state index in [0.29, 0.717) is 0 Å². The molecule has 1 radical (unpaired) electrons. The molecule has 1 unspecified atom stereocenters. The fourth-order valence-corrected chi connectivity index (χ4v) is 2.51. The van der Waals surface area contributed by atoms with Gasteiger partial charge in [0.15, 0.2) is 0 Å². The van der Waals surface area contributed by atoms with Crippen LogP contribution >= 0.6 is 11.6 Å². The Balaban J connectivity index is 2.32. The van der Waals surface area contributed by atoms with Crippen LogP contribution in [0, 0.1) is 6.42 Å². The minimum atomic E-state index is 0.131. The molecule has 1 aromatic heterocycles. The van der Waals surface area contributed by atoms with E-state index in [1.165, 1.54) is 22.2 Å². The molecule has 0 spiro atoms. The number of H-pyrrole nitrogens is 1. The maximum Gasteiger partial charge on any atom is 0.0741 e. The molecule has 71 valence electrons. The lowest BCUT2D eigenvalue weighted by Gasteiger charge is -2.16. The quantitative estimate of drug-likeness (QED) is 0.632. The monoisotopic (exact) mass is 204 g/mol. The van der Waals surface area contributed by atoms with Gasteiger partial charge in [-0.25, -0.2) is 0 Å². The van der Waals surface area contributed by atoms with Crippen LogP contribution in [0.1, 0.15) is 23.1 Å². The summed E-state index contributed by atoms with van der Waals surface area (Å²) in [5.41, 5.74) is 3.81. The fourth-order valence-electron chi connectivity index (χ4n) is 2.20. The lowest BCUT2D eigenvalue weighted by Crippen LogP contribution is -2.04. The summed E-state index contributed by atoms with van der Waals surface area (Å²) in [5.74, 6) is 0. The van der Waals surface area contributed by atoms with E-state index in [9.17, 15) is 0 Å². The van der Waals surface area contributed by atoms with E-state index in [4.69, 9.17) is 11.6 Å². The summed E-state index contributed by atoms with van der Waals surface area (Å²) in [6.45, 7) is 0. The number of aromatic amines is 1. The van der Waals surface area contributed by atoms with Crippen LogP contribution in [-0.4, -0.2) is 4.98 Å². The maximum atomic E-state index is 6.26. The van der Waals surface area contributed by atoms with Gasteiger partial charge in [-0.1, -0.05) is 18.2 Å². The first-order valence-electron chi connectivity index (χ1n) is 4.91. The largest absolute Gasteiger partial charge is 0.357 e. The van der Waals surface area contributed by atoms with Gasteiger partial charge in [-0.3, -0.25) is 0 Å². The molecule has 0 aliphatic heterocycles. The first kappa shape index (κ1) is 8.37. The second kappa shape index (κ2) is 3.03. The molecule has 2 aromatic rings. The van der Waals surface area contributed by atoms with Crippen molar-refractivity contribution in [2.75, 3.05) is 0 Å². The summed E-state index contributed by atoms with van der Waals surface area (Å²) in [4.78, 5) is 3.41. The Bertz CT molecular complexity index is 472. The number of fused-ring (bicyclic) bond motifs is 3. The number of rotatable bonds is 0. The van der Waals surface area contributed by atoms with Gasteiger partial charge in [0.25, 0.3) is 0 Å². The number of aromatic nitrogens is 1. The lowest BCUT2D eigenvalue weighted by molar-refractivity contribution is 0.788. The van der Waals surface area contributed by atoms with Gasteiger partial charge in [0.1, 0.15) is 0 Å². The van der Waals surface area contributed by atoms with Gasteiger partial charge in [-0.15, -0.1) is 11.6 Å². The Kier molecular flexibility index (Phi) is 1.81. The van der Waals surface area contributed by atoms with Crippen LogP contribution in [0.25, 0.3) is 10.9 Å². The summed E-state index contributed by atoms with van der Waals surface area (Å²) < 4.78 is 0. The molecule has 0 saturated carbocycles. The standard InChI is InChI=1S/C12H11ClN/c13-10-6-3-5-9-8-4-1-2-7-11(8)14-12(9)10/h1-4,7,10,14H,5-6H2. The van der Waals surface area contributed by atoms with E-state index < -0.39 is 0 Å². The SMILES string of the molecule is ClC1C[CH]Cc2c1[nH]c1ccccc21. The van der Waals surface area contributed by atoms with E-state index in [0.717, 1.165) is 12.8 Å². The summed E-state index contributed by atoms with van der Waals surface area (Å²) >= 11 is 6.26. The molecular formula is C12H11ClN. The minimum Gasteiger partial charge on any atom is -0.357 e. The van der Waals surface area contributed by atoms with Crippen LogP contribution in [0.15, 0.2) is 24.3 Å². The smallest absolute Gasteiger partial charge is 0.0741 e. The molecule has 1 N–H and O–H groups in total. The maximum absolute atomic E-state index is 6.26. The Morgan fingerprint density at radius 3 is 3.07 bits per heavy atom. The van der Waals surface area contributed by atoms with Gasteiger partial charge >= 0.3 is 0 Å². The Labute approximate surface area is 88.1 Å². The average molecular weight is 205 g/mol. The molecule has 1 aliphatic rings. The Morgan fingerprint density at radius 2 is 2.14 bits per heavy atom. The molecule has 0 fully saturated rings. The molecule has 1 aromatic carbocycles. The number of halogens is 1. The zero-order valence-corrected chi connectivity index (χ0v) is 8.51. The zero-order chi connectivity index (χ0) is 9.54. The summed E-state index contributed by atoms with van der Waals surface area (Å²) in [7, 11) is 0. The molecule has 14 heavy (non-hydrogen) atoms. The number of hydrogen-bond acceptors (Lipinski definition) is 0. The van der Waals surface area contributed by atoms with Gasteiger partial charge in [0.05, 0.1) is 5.38 Å². The molecule has 1 aliphatic carbocycles. The molecular weight excluding hydrogens is 194 g/mol. The van der Waals surface area contributed by atoms with Crippen LogP contribution in [0.4, 0.5) is 0 Å². The predicted molar refractivity (Wildman–Crippen MR) is 59.5 cm³/mol. The third-order valence-electron chi connectivity index (χ3n) is 2.88. The number of hydrogen-bond donors (Lipinski definition) is 1. The van der Waals surface area contributed by atoms with Crippen molar-refractivity contribution in [1.82, 2.24) is 4.98 Å². The number of para-hydroxylation sites is 1. The molecule has 0 amide bonds. The zero-order valence-electron chi connectivity index (χ0n) is 7.76. The van der Waals surface area contributed by atoms with Crippen LogP contribution in [0.2, 0.25) is 0 Å². The van der Waals surface area contributed by atoms with Crippen molar-refractivity contribution in [2.24, 2.45) is 0 Å². The highest BCUT2D eigenvalue weighted by Crippen LogP contribution is 2.37. The molecule has 0 bridgehead atoms. The first-order chi connectivity index (χ1) is 6.86. The lowest BCUT2D eigenvalue weighted by atomic mass is 9.95. The third kappa shape index (κ3) is 1.09. The highest BCUT2D eigenvalue weighted by Gasteiger charge is 2.21. The van der Waals surface area contributed by atoms with Crippen LogP contribution in [-0.2, 0) is 6.42 Å². The van der Waals surface area contributed by atoms with Crippen molar-refractivity contribution in [3.63, 3.8) is 0 Å². The summed E-state index contributed by atoms with van der Waals surface area (Å²) in [6.07, 6.45) is 4.28. The highest BCUT2D eigenvalue weighted by molar-refractivity contribution is 6.21. The highest BCUT2D eigenvalue weighted by atomic mass is 35.5. The number of benzene rings is 1. The molecule has 1 heterocycles. The topological polar surface area (TPSA) is 15.8 Å². The normalized spacial score (nSPS) is 21.1. The second-order valence-electron chi connectivity index (χ2n) is 3.76. The van der Waals surface area contributed by atoms with E-state index >= 15 is 0 Å².